The lowest BCUT2D eigenvalue weighted by Gasteiger charge is -2.34. The van der Waals surface area contributed by atoms with Crippen LogP contribution in [0.15, 0.2) is 42.5 Å². The van der Waals surface area contributed by atoms with Gasteiger partial charge in [-0.15, -0.1) is 0 Å². The molecular weight excluding hydrogens is 522 g/mol. The monoisotopic (exact) mass is 569 g/mol. The summed E-state index contributed by atoms with van der Waals surface area (Å²) in [6.45, 7) is 10.8. The van der Waals surface area contributed by atoms with Crippen molar-refractivity contribution in [2.24, 2.45) is 0 Å². The Morgan fingerprint density at radius 2 is 1.61 bits per heavy atom. The van der Waals surface area contributed by atoms with Gasteiger partial charge in [0, 0.05) is 12.2 Å². The van der Waals surface area contributed by atoms with E-state index in [0.29, 0.717) is 23.4 Å². The molecule has 0 aliphatic rings. The fraction of sp³-hybridized carbons (Fsp3) is 0.531. The molecule has 0 fully saturated rings. The normalized spacial score (nSPS) is 12.7. The number of ether oxygens (including phenoxy) is 2. The number of carbonyl (C=O) groups excluding carboxylic acids is 3. The number of rotatable bonds is 14. The first kappa shape index (κ1) is 33.6. The van der Waals surface area contributed by atoms with Crippen LogP contribution in [0.2, 0.25) is 0 Å². The van der Waals surface area contributed by atoms with E-state index in [1.54, 1.807) is 52.1 Å². The number of hydrogen-bond donors (Lipinski definition) is 3. The van der Waals surface area contributed by atoms with Gasteiger partial charge in [-0.3, -0.25) is 9.59 Å². The minimum Gasteiger partial charge on any atom is -0.497 e. The van der Waals surface area contributed by atoms with Crippen molar-refractivity contribution in [3.05, 3.63) is 59.2 Å². The molecule has 41 heavy (non-hydrogen) atoms. The molecule has 2 aromatic rings. The second kappa shape index (κ2) is 16.0. The molecule has 0 saturated carbocycles. The van der Waals surface area contributed by atoms with Crippen LogP contribution in [0.1, 0.15) is 82.5 Å². The number of unbranched alkanes of at least 4 members (excludes halogenated alkanes) is 4. The zero-order valence-electron chi connectivity index (χ0n) is 25.6. The van der Waals surface area contributed by atoms with Crippen LogP contribution in [0.25, 0.3) is 0 Å². The molecular formula is C32H47N3O6. The van der Waals surface area contributed by atoms with Gasteiger partial charge in [0.15, 0.2) is 0 Å². The first-order valence-corrected chi connectivity index (χ1v) is 14.3. The van der Waals surface area contributed by atoms with E-state index in [1.807, 2.05) is 32.0 Å². The zero-order valence-corrected chi connectivity index (χ0v) is 25.6. The van der Waals surface area contributed by atoms with Gasteiger partial charge in [-0.2, -0.15) is 0 Å². The number of aliphatic hydroxyl groups excluding tert-OH is 1. The minimum absolute atomic E-state index is 0.267. The number of alkyl carbamates (subject to hydrolysis) is 1. The molecule has 226 valence electrons. The summed E-state index contributed by atoms with van der Waals surface area (Å²) >= 11 is 0. The highest BCUT2D eigenvalue weighted by atomic mass is 16.6. The Morgan fingerprint density at radius 3 is 2.17 bits per heavy atom. The number of carbonyl (C=O) groups is 3. The van der Waals surface area contributed by atoms with Crippen molar-refractivity contribution >= 4 is 23.6 Å². The van der Waals surface area contributed by atoms with Crippen molar-refractivity contribution < 1.29 is 29.0 Å². The average Bonchev–Trinajstić information content (AvgIpc) is 2.91. The predicted molar refractivity (Wildman–Crippen MR) is 161 cm³/mol. The van der Waals surface area contributed by atoms with E-state index < -0.39 is 42.2 Å². The fourth-order valence-corrected chi connectivity index (χ4v) is 4.38. The molecule has 2 aromatic carbocycles. The number of anilines is 1. The molecule has 0 aromatic heterocycles. The highest BCUT2D eigenvalue weighted by Crippen LogP contribution is 2.27. The highest BCUT2D eigenvalue weighted by Gasteiger charge is 2.36. The summed E-state index contributed by atoms with van der Waals surface area (Å²) in [5.41, 5.74) is 2.43. The largest absolute Gasteiger partial charge is 0.497 e. The number of nitrogens with one attached hydrogen (secondary N) is 2. The van der Waals surface area contributed by atoms with E-state index in [2.05, 4.69) is 17.6 Å². The van der Waals surface area contributed by atoms with E-state index in [-0.39, 0.29) is 6.54 Å². The molecule has 0 bridgehead atoms. The Balaban J connectivity index is 2.49. The molecule has 3 N–H and O–H groups in total. The molecule has 0 aliphatic carbocycles. The maximum absolute atomic E-state index is 14.0. The lowest BCUT2D eigenvalue weighted by atomic mass is 9.98. The third-order valence-electron chi connectivity index (χ3n) is 6.72. The highest BCUT2D eigenvalue weighted by molar-refractivity contribution is 5.99. The maximum atomic E-state index is 14.0. The van der Waals surface area contributed by atoms with E-state index in [0.717, 1.165) is 36.8 Å². The fourth-order valence-electron chi connectivity index (χ4n) is 4.38. The van der Waals surface area contributed by atoms with Gasteiger partial charge in [0.25, 0.3) is 5.91 Å². The first-order valence-electron chi connectivity index (χ1n) is 14.3. The second-order valence-electron chi connectivity index (χ2n) is 11.3. The third kappa shape index (κ3) is 10.7. The van der Waals surface area contributed by atoms with Gasteiger partial charge >= 0.3 is 6.09 Å². The van der Waals surface area contributed by atoms with Crippen LogP contribution in [-0.2, 0) is 14.3 Å². The van der Waals surface area contributed by atoms with Crippen LogP contribution in [0.5, 0.6) is 5.75 Å². The average molecular weight is 570 g/mol. The molecule has 9 nitrogen and oxygen atoms in total. The van der Waals surface area contributed by atoms with Crippen LogP contribution < -0.4 is 15.4 Å². The van der Waals surface area contributed by atoms with Crippen molar-refractivity contribution in [2.45, 2.75) is 91.3 Å². The van der Waals surface area contributed by atoms with Crippen molar-refractivity contribution in [1.82, 2.24) is 10.2 Å². The summed E-state index contributed by atoms with van der Waals surface area (Å²) in [5.74, 6) is -0.326. The summed E-state index contributed by atoms with van der Waals surface area (Å²) in [6, 6.07) is 10.3. The molecule has 0 radical (unpaired) electrons. The molecule has 9 heteroatoms. The molecule has 2 rings (SSSR count). The van der Waals surface area contributed by atoms with Crippen LogP contribution in [0, 0.1) is 13.8 Å². The van der Waals surface area contributed by atoms with E-state index in [9.17, 15) is 19.5 Å². The van der Waals surface area contributed by atoms with Crippen LogP contribution in [0.3, 0.4) is 0 Å². The topological polar surface area (TPSA) is 117 Å². The summed E-state index contributed by atoms with van der Waals surface area (Å²) in [7, 11) is 1.57. The van der Waals surface area contributed by atoms with E-state index in [4.69, 9.17) is 9.47 Å². The number of methoxy groups -OCH3 is 1. The number of hydrogen-bond acceptors (Lipinski definition) is 6. The molecule has 3 amide bonds. The number of nitrogens with zero attached hydrogens (tertiary/aromatic N) is 1. The summed E-state index contributed by atoms with van der Waals surface area (Å²) in [6.07, 6.45) is 3.87. The molecule has 0 aliphatic heterocycles. The smallest absolute Gasteiger partial charge is 0.408 e. The van der Waals surface area contributed by atoms with Crippen LogP contribution in [-0.4, -0.2) is 59.8 Å². The lowest BCUT2D eigenvalue weighted by Crippen LogP contribution is -2.54. The number of aryl methyl sites for hydroxylation is 2. The van der Waals surface area contributed by atoms with Crippen molar-refractivity contribution in [3.63, 3.8) is 0 Å². The first-order chi connectivity index (χ1) is 19.4. The van der Waals surface area contributed by atoms with Gasteiger partial charge in [-0.1, -0.05) is 50.8 Å². The number of aliphatic hydroxyl groups is 1. The summed E-state index contributed by atoms with van der Waals surface area (Å²) < 4.78 is 10.5. The molecule has 0 spiro atoms. The Morgan fingerprint density at radius 1 is 0.951 bits per heavy atom. The van der Waals surface area contributed by atoms with Crippen molar-refractivity contribution in [3.8, 4) is 5.75 Å². The minimum atomic E-state index is -1.29. The van der Waals surface area contributed by atoms with Gasteiger partial charge in [0.05, 0.1) is 13.7 Å². The van der Waals surface area contributed by atoms with Crippen molar-refractivity contribution in [2.75, 3.05) is 25.6 Å². The Bertz CT molecular complexity index is 1140. The third-order valence-corrected chi connectivity index (χ3v) is 6.72. The van der Waals surface area contributed by atoms with Gasteiger partial charge in [-0.05, 0) is 82.0 Å². The van der Waals surface area contributed by atoms with Gasteiger partial charge in [0.2, 0.25) is 5.91 Å². The SMILES string of the molecule is CCCCCCCN(C(=O)C(CO)NC(=O)OC(C)(C)C)C(C(=O)Nc1ccc(OC)cc1)c1ccc(C)c(C)c1. The van der Waals surface area contributed by atoms with Crippen LogP contribution in [0.4, 0.5) is 10.5 Å². The molecule has 0 saturated heterocycles. The molecule has 2 unspecified atom stereocenters. The van der Waals surface area contributed by atoms with Gasteiger partial charge in [0.1, 0.15) is 23.4 Å². The quantitative estimate of drug-likeness (QED) is 0.252. The van der Waals surface area contributed by atoms with Crippen molar-refractivity contribution in [1.29, 1.82) is 0 Å². The second-order valence-corrected chi connectivity index (χ2v) is 11.3. The van der Waals surface area contributed by atoms with E-state index >= 15 is 0 Å². The Labute approximate surface area is 244 Å². The maximum Gasteiger partial charge on any atom is 0.408 e. The number of benzene rings is 2. The lowest BCUT2D eigenvalue weighted by molar-refractivity contribution is -0.141. The Hall–Kier alpha value is -3.59. The van der Waals surface area contributed by atoms with Gasteiger partial charge < -0.3 is 30.1 Å². The molecule has 2 atom stereocenters. The number of amides is 3. The standard InChI is InChI=1S/C32H47N3O6/c1-8-9-10-11-12-19-35(30(38)27(21-36)34-31(39)41-32(4,5)6)28(24-14-13-22(2)23(3)20-24)29(37)33-25-15-17-26(40-7)18-16-25/h13-18,20,27-28,36H,8-12,19,21H2,1-7H3,(H,33,37)(H,34,39). The van der Waals surface area contributed by atoms with Crippen LogP contribution >= 0.6 is 0 Å². The molecule has 0 heterocycles. The predicted octanol–water partition coefficient (Wildman–Crippen LogP) is 5.68. The zero-order chi connectivity index (χ0) is 30.6. The van der Waals surface area contributed by atoms with Gasteiger partial charge in [-0.25, -0.2) is 4.79 Å². The Kier molecular flexibility index (Phi) is 13.1. The summed E-state index contributed by atoms with van der Waals surface area (Å²) in [4.78, 5) is 42.0. The summed E-state index contributed by atoms with van der Waals surface area (Å²) in [5, 5.41) is 15.6. The van der Waals surface area contributed by atoms with E-state index in [1.165, 1.54) is 4.90 Å².